The molecular formula is C12H15BrN4S. The Balaban J connectivity index is 2.19. The summed E-state index contributed by atoms with van der Waals surface area (Å²) in [6.07, 6.45) is 0. The van der Waals surface area contributed by atoms with Crippen LogP contribution in [0.3, 0.4) is 0 Å². The largest absolute Gasteiger partial charge is 0.313 e. The summed E-state index contributed by atoms with van der Waals surface area (Å²) in [5.41, 5.74) is 1.25. The van der Waals surface area contributed by atoms with E-state index in [9.17, 15) is 0 Å². The van der Waals surface area contributed by atoms with Gasteiger partial charge in [-0.1, -0.05) is 6.07 Å². The lowest BCUT2D eigenvalue weighted by atomic mass is 10.1. The number of nitrogens with zero attached hydrogens (tertiary/aromatic N) is 2. The minimum absolute atomic E-state index is 0.339. The van der Waals surface area contributed by atoms with Crippen LogP contribution in [0.25, 0.3) is 0 Å². The van der Waals surface area contributed by atoms with E-state index < -0.39 is 0 Å². The molecule has 0 amide bonds. The monoisotopic (exact) mass is 326 g/mol. The first-order chi connectivity index (χ1) is 8.60. The van der Waals surface area contributed by atoms with Gasteiger partial charge < -0.3 is 5.32 Å². The van der Waals surface area contributed by atoms with Crippen molar-refractivity contribution < 1.29 is 0 Å². The first-order valence-electron chi connectivity index (χ1n) is 5.63. The van der Waals surface area contributed by atoms with E-state index in [0.29, 0.717) is 6.04 Å². The summed E-state index contributed by atoms with van der Waals surface area (Å²) in [5, 5.41) is 10.9. The maximum absolute atomic E-state index is 4.28. The van der Waals surface area contributed by atoms with Crippen LogP contribution in [0, 0.1) is 6.92 Å². The Bertz CT molecular complexity index is 541. The number of H-pyrrole nitrogens is 1. The smallest absolute Gasteiger partial charge is 0.213 e. The van der Waals surface area contributed by atoms with Crippen LogP contribution in [0.2, 0.25) is 0 Å². The summed E-state index contributed by atoms with van der Waals surface area (Å²) < 4.78 is 1.06. The number of hydrogen-bond acceptors (Lipinski definition) is 4. The molecule has 0 aliphatic carbocycles. The zero-order valence-electron chi connectivity index (χ0n) is 10.5. The predicted molar refractivity (Wildman–Crippen MR) is 76.9 cm³/mol. The van der Waals surface area contributed by atoms with Gasteiger partial charge >= 0.3 is 0 Å². The van der Waals surface area contributed by atoms with E-state index in [1.54, 1.807) is 11.8 Å². The summed E-state index contributed by atoms with van der Waals surface area (Å²) in [4.78, 5) is 5.40. The van der Waals surface area contributed by atoms with Crippen molar-refractivity contribution in [3.63, 3.8) is 0 Å². The number of aryl methyl sites for hydroxylation is 1. The molecule has 0 bridgehead atoms. The fourth-order valence-electron chi connectivity index (χ4n) is 1.50. The van der Waals surface area contributed by atoms with Crippen molar-refractivity contribution in [1.82, 2.24) is 20.5 Å². The number of nitrogens with one attached hydrogen (secondary N) is 2. The van der Waals surface area contributed by atoms with Crippen LogP contribution in [0.5, 0.6) is 0 Å². The van der Waals surface area contributed by atoms with Crippen LogP contribution in [0.15, 0.2) is 32.7 Å². The van der Waals surface area contributed by atoms with Crippen molar-refractivity contribution in [3.05, 3.63) is 34.1 Å². The van der Waals surface area contributed by atoms with Crippen molar-refractivity contribution in [2.75, 3.05) is 7.05 Å². The van der Waals surface area contributed by atoms with E-state index in [1.165, 1.54) is 5.56 Å². The molecule has 0 aliphatic heterocycles. The molecule has 1 atom stereocenters. The molecule has 1 aromatic carbocycles. The summed E-state index contributed by atoms with van der Waals surface area (Å²) in [6, 6.07) is 6.67. The molecule has 0 saturated carbocycles. The molecule has 0 aliphatic rings. The van der Waals surface area contributed by atoms with E-state index in [4.69, 9.17) is 0 Å². The number of hydrogen-bond donors (Lipinski definition) is 2. The summed E-state index contributed by atoms with van der Waals surface area (Å²) >= 11 is 5.14. The van der Waals surface area contributed by atoms with E-state index in [2.05, 4.69) is 61.6 Å². The Morgan fingerprint density at radius 1 is 1.44 bits per heavy atom. The van der Waals surface area contributed by atoms with Gasteiger partial charge in [0.15, 0.2) is 0 Å². The molecule has 0 radical (unpaired) electrons. The lowest BCUT2D eigenvalue weighted by molar-refractivity contribution is 0.651. The average molecular weight is 327 g/mol. The summed E-state index contributed by atoms with van der Waals surface area (Å²) in [5.74, 6) is 0.828. The molecule has 2 rings (SSSR count). The Morgan fingerprint density at radius 2 is 2.22 bits per heavy atom. The Hall–Kier alpha value is -0.850. The lowest BCUT2D eigenvalue weighted by Gasteiger charge is -2.12. The van der Waals surface area contributed by atoms with Crippen molar-refractivity contribution in [3.8, 4) is 0 Å². The second-order valence-electron chi connectivity index (χ2n) is 4.01. The SMILES string of the molecule is CNC(C)c1ccc(Sc2n[nH]c(C)n2)c(Br)c1. The van der Waals surface area contributed by atoms with Gasteiger partial charge in [0, 0.05) is 15.4 Å². The normalized spacial score (nSPS) is 12.7. The second-order valence-corrected chi connectivity index (χ2v) is 5.87. The van der Waals surface area contributed by atoms with E-state index in [0.717, 1.165) is 20.3 Å². The van der Waals surface area contributed by atoms with Crippen LogP contribution in [0.1, 0.15) is 24.4 Å². The maximum atomic E-state index is 4.28. The van der Waals surface area contributed by atoms with Crippen molar-refractivity contribution in [2.24, 2.45) is 0 Å². The number of aromatic nitrogens is 3. The van der Waals surface area contributed by atoms with Gasteiger partial charge in [-0.3, -0.25) is 5.10 Å². The molecule has 0 fully saturated rings. The first-order valence-corrected chi connectivity index (χ1v) is 7.24. The topological polar surface area (TPSA) is 53.6 Å². The molecule has 2 aromatic rings. The van der Waals surface area contributed by atoms with Gasteiger partial charge in [0.25, 0.3) is 0 Å². The van der Waals surface area contributed by atoms with Crippen molar-refractivity contribution in [1.29, 1.82) is 0 Å². The Kier molecular flexibility index (Phi) is 4.42. The number of aromatic amines is 1. The van der Waals surface area contributed by atoms with Crippen LogP contribution < -0.4 is 5.32 Å². The number of benzene rings is 1. The Morgan fingerprint density at radius 3 is 2.78 bits per heavy atom. The molecule has 6 heteroatoms. The highest BCUT2D eigenvalue weighted by Crippen LogP contribution is 2.33. The second kappa shape index (κ2) is 5.86. The summed E-state index contributed by atoms with van der Waals surface area (Å²) in [6.45, 7) is 4.02. The fourth-order valence-corrected chi connectivity index (χ4v) is 2.90. The quantitative estimate of drug-likeness (QED) is 0.905. The molecule has 2 N–H and O–H groups in total. The van der Waals surface area contributed by atoms with Gasteiger partial charge in [-0.15, -0.1) is 5.10 Å². The van der Waals surface area contributed by atoms with Gasteiger partial charge in [-0.25, -0.2) is 4.98 Å². The minimum Gasteiger partial charge on any atom is -0.313 e. The lowest BCUT2D eigenvalue weighted by Crippen LogP contribution is -2.12. The number of halogens is 1. The van der Waals surface area contributed by atoms with Gasteiger partial charge in [0.05, 0.1) is 0 Å². The Labute approximate surface area is 119 Å². The third-order valence-electron chi connectivity index (χ3n) is 2.67. The van der Waals surface area contributed by atoms with Crippen LogP contribution in [-0.4, -0.2) is 22.2 Å². The minimum atomic E-state index is 0.339. The van der Waals surface area contributed by atoms with E-state index in [1.807, 2.05) is 14.0 Å². The van der Waals surface area contributed by atoms with Gasteiger partial charge in [-0.2, -0.15) is 0 Å². The van der Waals surface area contributed by atoms with Gasteiger partial charge in [0.2, 0.25) is 5.16 Å². The van der Waals surface area contributed by atoms with Crippen molar-refractivity contribution >= 4 is 27.7 Å². The van der Waals surface area contributed by atoms with Crippen LogP contribution in [-0.2, 0) is 0 Å². The molecule has 1 aromatic heterocycles. The van der Waals surface area contributed by atoms with E-state index >= 15 is 0 Å². The molecule has 0 saturated heterocycles. The maximum Gasteiger partial charge on any atom is 0.213 e. The first kappa shape index (κ1) is 13.6. The molecule has 1 unspecified atom stereocenters. The fraction of sp³-hybridized carbons (Fsp3) is 0.333. The highest BCUT2D eigenvalue weighted by atomic mass is 79.9. The van der Waals surface area contributed by atoms with Crippen LogP contribution >= 0.6 is 27.7 Å². The molecule has 1 heterocycles. The van der Waals surface area contributed by atoms with Crippen LogP contribution in [0.4, 0.5) is 0 Å². The summed E-state index contributed by atoms with van der Waals surface area (Å²) in [7, 11) is 1.96. The average Bonchev–Trinajstić information content (AvgIpc) is 2.76. The zero-order chi connectivity index (χ0) is 13.1. The van der Waals surface area contributed by atoms with E-state index in [-0.39, 0.29) is 0 Å². The third-order valence-corrected chi connectivity index (χ3v) is 4.53. The molecular weight excluding hydrogens is 312 g/mol. The third kappa shape index (κ3) is 3.13. The highest BCUT2D eigenvalue weighted by molar-refractivity contribution is 9.10. The molecule has 18 heavy (non-hydrogen) atoms. The molecule has 4 nitrogen and oxygen atoms in total. The van der Waals surface area contributed by atoms with Gasteiger partial charge in [0.1, 0.15) is 5.82 Å². The number of rotatable bonds is 4. The highest BCUT2D eigenvalue weighted by Gasteiger charge is 2.09. The van der Waals surface area contributed by atoms with Gasteiger partial charge in [-0.05, 0) is 66.3 Å². The molecule has 0 spiro atoms. The standard InChI is InChI=1S/C12H15BrN4S/c1-7(14-3)9-4-5-11(10(13)6-9)18-12-15-8(2)16-17-12/h4-7,14H,1-3H3,(H,15,16,17). The predicted octanol–water partition coefficient (Wildman–Crippen LogP) is 3.31. The van der Waals surface area contributed by atoms with Crippen molar-refractivity contribution in [2.45, 2.75) is 29.9 Å². The zero-order valence-corrected chi connectivity index (χ0v) is 12.9. The molecule has 96 valence electrons.